The Morgan fingerprint density at radius 2 is 1.89 bits per heavy atom. The smallest absolute Gasteiger partial charge is 0.208 e. The van der Waals surface area contributed by atoms with Gasteiger partial charge in [-0.25, -0.2) is 0 Å². The first-order chi connectivity index (χ1) is 18.8. The summed E-state index contributed by atoms with van der Waals surface area (Å²) in [5, 5.41) is 13.3. The number of hydrogen-bond donors (Lipinski definition) is 0. The molecule has 0 amide bonds. The Kier molecular flexibility index (Phi) is 7.17. The predicted molar refractivity (Wildman–Crippen MR) is 143 cm³/mol. The summed E-state index contributed by atoms with van der Waals surface area (Å²) in [5.74, 6) is 2.33. The van der Waals surface area contributed by atoms with Crippen molar-refractivity contribution in [3.8, 4) is 22.9 Å². The highest BCUT2D eigenvalue weighted by Gasteiger charge is 2.28. The van der Waals surface area contributed by atoms with Crippen molar-refractivity contribution in [1.82, 2.24) is 25.2 Å². The van der Waals surface area contributed by atoms with E-state index in [0.29, 0.717) is 43.0 Å². The first-order valence-corrected chi connectivity index (χ1v) is 13.3. The van der Waals surface area contributed by atoms with Gasteiger partial charge in [0.2, 0.25) is 5.82 Å². The molecular formula is C29H32N6O3. The maximum atomic E-state index is 6.52. The number of para-hydroxylation sites is 1. The van der Waals surface area contributed by atoms with Gasteiger partial charge in [0.05, 0.1) is 25.0 Å². The molecule has 0 radical (unpaired) electrons. The number of hydrogen-bond acceptors (Lipinski definition) is 8. The molecular weight excluding hydrogens is 480 g/mol. The minimum Gasteiger partial charge on any atom is -0.492 e. The number of rotatable bonds is 10. The molecule has 1 aliphatic heterocycles. The Balaban J connectivity index is 1.42. The number of nitrogens with zero attached hydrogens (tertiary/aromatic N) is 6. The molecule has 4 aromatic rings. The zero-order valence-corrected chi connectivity index (χ0v) is 21.6. The monoisotopic (exact) mass is 512 g/mol. The van der Waals surface area contributed by atoms with Crippen LogP contribution in [0.2, 0.25) is 0 Å². The average Bonchev–Trinajstić information content (AvgIpc) is 3.69. The molecule has 196 valence electrons. The zero-order chi connectivity index (χ0) is 25.7. The SMILES string of the molecule is COc1c(-c2nnn(C3CCCCO3)n2)ccc(N(Cc2cccnc2)c2ccccc2)c1OCC1CC1. The van der Waals surface area contributed by atoms with Gasteiger partial charge >= 0.3 is 0 Å². The fourth-order valence-corrected chi connectivity index (χ4v) is 4.73. The van der Waals surface area contributed by atoms with Crippen LogP contribution >= 0.6 is 0 Å². The minimum atomic E-state index is -0.186. The molecule has 0 spiro atoms. The van der Waals surface area contributed by atoms with Crippen molar-refractivity contribution in [3.05, 3.63) is 72.6 Å². The summed E-state index contributed by atoms with van der Waals surface area (Å²) in [6.07, 6.45) is 8.89. The molecule has 1 saturated heterocycles. The molecule has 2 aromatic heterocycles. The van der Waals surface area contributed by atoms with Crippen molar-refractivity contribution in [1.29, 1.82) is 0 Å². The van der Waals surface area contributed by atoms with Gasteiger partial charge in [0.1, 0.15) is 0 Å². The molecule has 0 bridgehead atoms. The van der Waals surface area contributed by atoms with Gasteiger partial charge in [0.15, 0.2) is 17.7 Å². The van der Waals surface area contributed by atoms with Crippen molar-refractivity contribution in [3.63, 3.8) is 0 Å². The molecule has 9 heteroatoms. The second-order valence-corrected chi connectivity index (χ2v) is 9.79. The van der Waals surface area contributed by atoms with Gasteiger partial charge in [-0.3, -0.25) is 4.98 Å². The van der Waals surface area contributed by atoms with Gasteiger partial charge in [-0.2, -0.15) is 0 Å². The Bertz CT molecular complexity index is 1340. The van der Waals surface area contributed by atoms with Crippen molar-refractivity contribution >= 4 is 11.4 Å². The fraction of sp³-hybridized carbons (Fsp3) is 0.379. The standard InChI is InChI=1S/C29H32N6O3/c1-36-27-24(29-31-33-35(32-29)26-11-5-6-17-37-26)14-15-25(28(27)38-20-21-12-13-21)34(23-9-3-2-4-10-23)19-22-8-7-16-30-18-22/h2-4,7-10,14-16,18,21,26H,5-6,11-13,17,19-20H2,1H3. The van der Waals surface area contributed by atoms with Crippen molar-refractivity contribution in [2.75, 3.05) is 25.2 Å². The first kappa shape index (κ1) is 24.4. The van der Waals surface area contributed by atoms with Crippen molar-refractivity contribution < 1.29 is 14.2 Å². The molecule has 3 heterocycles. The molecule has 6 rings (SSSR count). The Morgan fingerprint density at radius 3 is 2.63 bits per heavy atom. The van der Waals surface area contributed by atoms with Gasteiger partial charge in [0.25, 0.3) is 0 Å². The maximum absolute atomic E-state index is 6.52. The van der Waals surface area contributed by atoms with E-state index in [-0.39, 0.29) is 6.23 Å². The number of anilines is 2. The number of pyridine rings is 1. The Hall–Kier alpha value is -3.98. The quantitative estimate of drug-likeness (QED) is 0.273. The van der Waals surface area contributed by atoms with Crippen LogP contribution in [0.4, 0.5) is 11.4 Å². The minimum absolute atomic E-state index is 0.186. The van der Waals surface area contributed by atoms with Crippen LogP contribution in [-0.2, 0) is 11.3 Å². The molecule has 2 aliphatic rings. The summed E-state index contributed by atoms with van der Waals surface area (Å²) in [6.45, 7) is 1.97. The van der Waals surface area contributed by atoms with Crippen LogP contribution in [0.15, 0.2) is 67.0 Å². The number of aromatic nitrogens is 5. The lowest BCUT2D eigenvalue weighted by molar-refractivity contribution is -0.0488. The number of ether oxygens (including phenoxy) is 3. The third kappa shape index (κ3) is 5.33. The number of tetrazole rings is 1. The van der Waals surface area contributed by atoms with Crippen LogP contribution in [0.5, 0.6) is 11.5 Å². The van der Waals surface area contributed by atoms with Crippen LogP contribution in [0.3, 0.4) is 0 Å². The van der Waals surface area contributed by atoms with Crippen LogP contribution < -0.4 is 14.4 Å². The summed E-state index contributed by atoms with van der Waals surface area (Å²) in [7, 11) is 1.66. The highest BCUT2D eigenvalue weighted by atomic mass is 16.5. The lowest BCUT2D eigenvalue weighted by Crippen LogP contribution is -2.20. The highest BCUT2D eigenvalue weighted by molar-refractivity contribution is 5.80. The molecule has 38 heavy (non-hydrogen) atoms. The molecule has 2 fully saturated rings. The lowest BCUT2D eigenvalue weighted by Gasteiger charge is -2.28. The second kappa shape index (κ2) is 11.2. The van der Waals surface area contributed by atoms with Crippen molar-refractivity contribution in [2.24, 2.45) is 5.92 Å². The summed E-state index contributed by atoms with van der Waals surface area (Å²) < 4.78 is 18.4. The zero-order valence-electron chi connectivity index (χ0n) is 21.6. The van der Waals surface area contributed by atoms with E-state index in [2.05, 4.69) is 49.6 Å². The van der Waals surface area contributed by atoms with Crippen LogP contribution in [-0.4, -0.2) is 45.5 Å². The molecule has 1 unspecified atom stereocenters. The van der Waals surface area contributed by atoms with E-state index in [1.165, 1.54) is 12.8 Å². The van der Waals surface area contributed by atoms with Gasteiger partial charge < -0.3 is 19.1 Å². The lowest BCUT2D eigenvalue weighted by atomic mass is 10.1. The van der Waals surface area contributed by atoms with E-state index in [1.807, 2.05) is 36.5 Å². The third-order valence-corrected chi connectivity index (χ3v) is 6.96. The largest absolute Gasteiger partial charge is 0.492 e. The molecule has 1 aliphatic carbocycles. The van der Waals surface area contributed by atoms with E-state index >= 15 is 0 Å². The summed E-state index contributed by atoms with van der Waals surface area (Å²) in [5.41, 5.74) is 3.77. The predicted octanol–water partition coefficient (Wildman–Crippen LogP) is 5.57. The summed E-state index contributed by atoms with van der Waals surface area (Å²) in [6, 6.07) is 18.4. The average molecular weight is 513 g/mol. The van der Waals surface area contributed by atoms with Crippen LogP contribution in [0.25, 0.3) is 11.4 Å². The van der Waals surface area contributed by atoms with Crippen molar-refractivity contribution in [2.45, 2.75) is 44.9 Å². The van der Waals surface area contributed by atoms with Crippen LogP contribution in [0.1, 0.15) is 43.9 Å². The fourth-order valence-electron chi connectivity index (χ4n) is 4.73. The number of benzene rings is 2. The maximum Gasteiger partial charge on any atom is 0.208 e. The van der Waals surface area contributed by atoms with Gasteiger partial charge in [0, 0.05) is 31.2 Å². The molecule has 0 N–H and O–H groups in total. The normalized spacial score (nSPS) is 17.2. The van der Waals surface area contributed by atoms with Gasteiger partial charge in [-0.05, 0) is 79.1 Å². The van der Waals surface area contributed by atoms with Gasteiger partial charge in [-0.15, -0.1) is 15.0 Å². The Labute approximate surface area is 222 Å². The molecule has 9 nitrogen and oxygen atoms in total. The molecule has 1 saturated carbocycles. The van der Waals surface area contributed by atoms with Gasteiger partial charge in [-0.1, -0.05) is 24.3 Å². The van der Waals surface area contributed by atoms with Crippen LogP contribution in [0, 0.1) is 5.92 Å². The number of methoxy groups -OCH3 is 1. The van der Waals surface area contributed by atoms with E-state index in [4.69, 9.17) is 14.2 Å². The molecule has 2 aromatic carbocycles. The summed E-state index contributed by atoms with van der Waals surface area (Å²) >= 11 is 0. The third-order valence-electron chi connectivity index (χ3n) is 6.96. The topological polar surface area (TPSA) is 87.4 Å². The van der Waals surface area contributed by atoms with E-state index in [1.54, 1.807) is 18.1 Å². The van der Waals surface area contributed by atoms with E-state index in [9.17, 15) is 0 Å². The first-order valence-electron chi connectivity index (χ1n) is 13.3. The Morgan fingerprint density at radius 1 is 1.00 bits per heavy atom. The molecule has 1 atom stereocenters. The summed E-state index contributed by atoms with van der Waals surface area (Å²) in [4.78, 5) is 8.13. The van der Waals surface area contributed by atoms with E-state index < -0.39 is 0 Å². The second-order valence-electron chi connectivity index (χ2n) is 9.79. The van der Waals surface area contributed by atoms with E-state index in [0.717, 1.165) is 41.8 Å². The highest BCUT2D eigenvalue weighted by Crippen LogP contribution is 2.47.